The van der Waals surface area contributed by atoms with Crippen molar-refractivity contribution in [1.82, 2.24) is 4.98 Å². The minimum Gasteiger partial charge on any atom is -0.245 e. The molecule has 0 aliphatic heterocycles. The van der Waals surface area contributed by atoms with Crippen LogP contribution in [0, 0.1) is 0 Å². The molecule has 0 bridgehead atoms. The smallest absolute Gasteiger partial charge is 0.0818 e. The van der Waals surface area contributed by atoms with E-state index in [1.54, 1.807) is 11.3 Å². The zero-order chi connectivity index (χ0) is 11.2. The van der Waals surface area contributed by atoms with Gasteiger partial charge in [0.1, 0.15) is 0 Å². The topological polar surface area (TPSA) is 12.9 Å². The van der Waals surface area contributed by atoms with Crippen molar-refractivity contribution in [2.24, 2.45) is 0 Å². The normalized spacial score (nSPS) is 13.4. The molecular weight excluding hydrogens is 226 g/mol. The summed E-state index contributed by atoms with van der Waals surface area (Å²) >= 11 is 1.73. The summed E-state index contributed by atoms with van der Waals surface area (Å²) in [6.07, 6.45) is 2.31. The number of fused-ring (bicyclic) bond motifs is 4. The van der Waals surface area contributed by atoms with E-state index in [2.05, 4.69) is 41.4 Å². The molecule has 82 valence electrons. The number of benzene rings is 2. The van der Waals surface area contributed by atoms with E-state index < -0.39 is 0 Å². The Bertz CT molecular complexity index is 712. The van der Waals surface area contributed by atoms with Gasteiger partial charge in [0, 0.05) is 0 Å². The van der Waals surface area contributed by atoms with E-state index >= 15 is 0 Å². The van der Waals surface area contributed by atoms with Crippen molar-refractivity contribution in [2.75, 3.05) is 0 Å². The maximum Gasteiger partial charge on any atom is 0.0818 e. The highest BCUT2D eigenvalue weighted by Gasteiger charge is 2.16. The van der Waals surface area contributed by atoms with Gasteiger partial charge in [-0.25, -0.2) is 4.98 Å². The Balaban J connectivity index is 2.07. The summed E-state index contributed by atoms with van der Waals surface area (Å²) < 4.78 is 1.31. The fourth-order valence-corrected chi connectivity index (χ4v) is 3.40. The van der Waals surface area contributed by atoms with Crippen LogP contribution in [0.25, 0.3) is 21.3 Å². The summed E-state index contributed by atoms with van der Waals surface area (Å²) in [6, 6.07) is 13.3. The molecule has 0 spiro atoms. The van der Waals surface area contributed by atoms with Crippen LogP contribution < -0.4 is 0 Å². The second kappa shape index (κ2) is 3.41. The average molecular weight is 237 g/mol. The van der Waals surface area contributed by atoms with Crippen LogP contribution in [0.2, 0.25) is 0 Å². The molecule has 0 N–H and O–H groups in total. The second-order valence-electron chi connectivity index (χ2n) is 4.49. The molecule has 0 atom stereocenters. The summed E-state index contributed by atoms with van der Waals surface area (Å²) in [5.74, 6) is 0. The maximum absolute atomic E-state index is 4.42. The van der Waals surface area contributed by atoms with Crippen LogP contribution in [0.5, 0.6) is 0 Å². The fraction of sp³-hybridized carbons (Fsp3) is 0.133. The lowest BCUT2D eigenvalue weighted by molar-refractivity contribution is 0.944. The number of aromatic nitrogens is 1. The van der Waals surface area contributed by atoms with Gasteiger partial charge in [-0.2, -0.15) is 0 Å². The Morgan fingerprint density at radius 2 is 1.82 bits per heavy atom. The number of thiazole rings is 1. The van der Waals surface area contributed by atoms with Gasteiger partial charge in [-0.05, 0) is 47.2 Å². The lowest BCUT2D eigenvalue weighted by Crippen LogP contribution is -2.03. The van der Waals surface area contributed by atoms with Crippen LogP contribution in [0.1, 0.15) is 11.1 Å². The molecule has 4 rings (SSSR count). The minimum absolute atomic E-state index is 1.13. The molecule has 0 unspecified atom stereocenters. The van der Waals surface area contributed by atoms with Gasteiger partial charge >= 0.3 is 0 Å². The predicted octanol–water partition coefficient (Wildman–Crippen LogP) is 4.06. The first-order valence-corrected chi connectivity index (χ1v) is 6.74. The van der Waals surface area contributed by atoms with Gasteiger partial charge < -0.3 is 0 Å². The van der Waals surface area contributed by atoms with E-state index in [4.69, 9.17) is 0 Å². The molecule has 0 saturated heterocycles. The van der Waals surface area contributed by atoms with E-state index in [9.17, 15) is 0 Å². The Labute approximate surface area is 104 Å². The molecule has 17 heavy (non-hydrogen) atoms. The quantitative estimate of drug-likeness (QED) is 0.574. The largest absolute Gasteiger partial charge is 0.245 e. The second-order valence-corrected chi connectivity index (χ2v) is 5.37. The number of nitrogens with zero attached hydrogens (tertiary/aromatic N) is 1. The van der Waals surface area contributed by atoms with Crippen LogP contribution >= 0.6 is 11.3 Å². The predicted molar refractivity (Wildman–Crippen MR) is 72.5 cm³/mol. The maximum atomic E-state index is 4.42. The molecule has 0 saturated carbocycles. The van der Waals surface area contributed by atoms with Gasteiger partial charge in [-0.15, -0.1) is 11.3 Å². The Morgan fingerprint density at radius 3 is 2.82 bits per heavy atom. The average Bonchev–Trinajstić information content (AvgIpc) is 2.83. The number of rotatable bonds is 0. The number of aryl methyl sites for hydroxylation is 2. The Morgan fingerprint density at radius 1 is 0.941 bits per heavy atom. The molecule has 0 radical (unpaired) electrons. The van der Waals surface area contributed by atoms with Crippen molar-refractivity contribution in [3.63, 3.8) is 0 Å². The van der Waals surface area contributed by atoms with Crippen LogP contribution in [-0.2, 0) is 12.8 Å². The number of hydrogen-bond donors (Lipinski definition) is 0. The Kier molecular flexibility index (Phi) is 1.88. The lowest BCUT2D eigenvalue weighted by atomic mass is 9.85. The van der Waals surface area contributed by atoms with Crippen LogP contribution in [-0.4, -0.2) is 4.98 Å². The van der Waals surface area contributed by atoms with Crippen molar-refractivity contribution in [3.8, 4) is 11.1 Å². The van der Waals surface area contributed by atoms with Crippen molar-refractivity contribution >= 4 is 21.6 Å². The third-order valence-corrected chi connectivity index (χ3v) is 4.32. The van der Waals surface area contributed by atoms with Crippen molar-refractivity contribution < 1.29 is 0 Å². The van der Waals surface area contributed by atoms with Crippen LogP contribution in [0.3, 0.4) is 0 Å². The van der Waals surface area contributed by atoms with Crippen molar-refractivity contribution in [3.05, 3.63) is 53.0 Å². The first-order valence-electron chi connectivity index (χ1n) is 5.86. The summed E-state index contributed by atoms with van der Waals surface area (Å²) in [6.45, 7) is 0. The summed E-state index contributed by atoms with van der Waals surface area (Å²) in [4.78, 5) is 4.42. The highest BCUT2D eigenvalue weighted by atomic mass is 32.1. The van der Waals surface area contributed by atoms with Crippen molar-refractivity contribution in [2.45, 2.75) is 12.8 Å². The van der Waals surface area contributed by atoms with Gasteiger partial charge in [-0.3, -0.25) is 0 Å². The van der Waals surface area contributed by atoms with E-state index in [0.29, 0.717) is 0 Å². The monoisotopic (exact) mass is 237 g/mol. The zero-order valence-corrected chi connectivity index (χ0v) is 10.1. The van der Waals surface area contributed by atoms with Crippen LogP contribution in [0.15, 0.2) is 41.9 Å². The molecule has 1 aromatic heterocycles. The SMILES string of the molecule is c1ccc2c(c1)CCc1cc3scnc3cc1-2. The zero-order valence-electron chi connectivity index (χ0n) is 9.31. The van der Waals surface area contributed by atoms with E-state index in [0.717, 1.165) is 18.4 Å². The van der Waals surface area contributed by atoms with Gasteiger partial charge in [0.05, 0.1) is 15.7 Å². The summed E-state index contributed by atoms with van der Waals surface area (Å²) in [5, 5.41) is 0. The molecule has 2 heteroatoms. The first-order chi connectivity index (χ1) is 8.42. The molecule has 1 aliphatic rings. The molecule has 1 nitrogen and oxygen atoms in total. The molecule has 0 amide bonds. The third kappa shape index (κ3) is 1.34. The fourth-order valence-electron chi connectivity index (χ4n) is 2.67. The Hall–Kier alpha value is -1.67. The van der Waals surface area contributed by atoms with Gasteiger partial charge in [-0.1, -0.05) is 24.3 Å². The molecule has 3 aromatic rings. The number of hydrogen-bond acceptors (Lipinski definition) is 2. The van der Waals surface area contributed by atoms with Crippen molar-refractivity contribution in [1.29, 1.82) is 0 Å². The molecule has 1 heterocycles. The van der Waals surface area contributed by atoms with E-state index in [1.165, 1.54) is 27.0 Å². The minimum atomic E-state index is 1.13. The molecule has 2 aromatic carbocycles. The van der Waals surface area contributed by atoms with Gasteiger partial charge in [0.25, 0.3) is 0 Å². The summed E-state index contributed by atoms with van der Waals surface area (Å²) in [5.41, 5.74) is 8.77. The van der Waals surface area contributed by atoms with Gasteiger partial charge in [0.15, 0.2) is 0 Å². The molecule has 0 fully saturated rings. The first kappa shape index (κ1) is 9.37. The summed E-state index contributed by atoms with van der Waals surface area (Å²) in [7, 11) is 0. The molecule has 1 aliphatic carbocycles. The highest BCUT2D eigenvalue weighted by molar-refractivity contribution is 7.16. The highest BCUT2D eigenvalue weighted by Crippen LogP contribution is 2.36. The third-order valence-electron chi connectivity index (χ3n) is 3.53. The van der Waals surface area contributed by atoms with E-state index in [-0.39, 0.29) is 0 Å². The standard InChI is InChI=1S/C15H11NS/c1-2-4-12-10(3-1)5-6-11-7-15-14(8-13(11)12)16-9-17-15/h1-4,7-9H,5-6H2. The van der Waals surface area contributed by atoms with E-state index in [1.807, 2.05) is 5.51 Å². The van der Waals surface area contributed by atoms with Crippen LogP contribution in [0.4, 0.5) is 0 Å². The lowest BCUT2D eigenvalue weighted by Gasteiger charge is -2.19. The molecular formula is C15H11NS. The van der Waals surface area contributed by atoms with Gasteiger partial charge in [0.2, 0.25) is 0 Å².